The number of nitrogens with zero attached hydrogens (tertiary/aromatic N) is 1. The quantitative estimate of drug-likeness (QED) is 0.800. The van der Waals surface area contributed by atoms with Crippen LogP contribution in [0.15, 0.2) is 48.5 Å². The molecule has 3 rings (SSSR count). The van der Waals surface area contributed by atoms with E-state index in [4.69, 9.17) is 16.3 Å². The molecule has 2 amide bonds. The minimum Gasteiger partial charge on any atom is -0.451 e. The molecular weight excluding hydrogens is 380 g/mol. The number of rotatable bonds is 4. The van der Waals surface area contributed by atoms with Crippen LogP contribution in [-0.2, 0) is 32.1 Å². The predicted octanol–water partition coefficient (Wildman–Crippen LogP) is 3.18. The van der Waals surface area contributed by atoms with Crippen LogP contribution < -0.4 is 5.32 Å². The number of hydrogen-bond acceptors (Lipinski definition) is 4. The molecule has 0 saturated heterocycles. The molecule has 0 aromatic heterocycles. The van der Waals surface area contributed by atoms with Gasteiger partial charge in [-0.15, -0.1) is 0 Å². The minimum atomic E-state index is -1.02. The van der Waals surface area contributed by atoms with E-state index in [1.807, 2.05) is 24.3 Å². The van der Waals surface area contributed by atoms with E-state index in [1.165, 1.54) is 18.7 Å². The van der Waals surface area contributed by atoms with Gasteiger partial charge in [-0.25, -0.2) is 4.79 Å². The molecule has 28 heavy (non-hydrogen) atoms. The Labute approximate surface area is 168 Å². The monoisotopic (exact) mass is 400 g/mol. The van der Waals surface area contributed by atoms with Gasteiger partial charge in [0.2, 0.25) is 5.91 Å². The van der Waals surface area contributed by atoms with E-state index < -0.39 is 24.0 Å². The summed E-state index contributed by atoms with van der Waals surface area (Å²) in [7, 11) is 0. The Kier molecular flexibility index (Phi) is 5.99. The Morgan fingerprint density at radius 1 is 1.14 bits per heavy atom. The van der Waals surface area contributed by atoms with E-state index in [9.17, 15) is 14.4 Å². The number of ether oxygens (including phenoxy) is 1. The zero-order chi connectivity index (χ0) is 20.3. The first kappa shape index (κ1) is 19.9. The zero-order valence-electron chi connectivity index (χ0n) is 15.6. The SMILES string of the molecule is CC(=O)N1Cc2ccccc2C[C@H]1C(=O)O[C@@H](C)C(=O)Nc1cccc(Cl)c1. The van der Waals surface area contributed by atoms with Gasteiger partial charge in [-0.2, -0.15) is 0 Å². The van der Waals surface area contributed by atoms with Crippen LogP contribution in [0.2, 0.25) is 5.02 Å². The maximum atomic E-state index is 12.7. The number of carbonyl (C=O) groups excluding carboxylic acids is 3. The Morgan fingerprint density at radius 2 is 1.86 bits per heavy atom. The molecule has 2 aromatic carbocycles. The second-order valence-corrected chi connectivity index (χ2v) is 7.15. The van der Waals surface area contributed by atoms with Gasteiger partial charge in [0.25, 0.3) is 5.91 Å². The highest BCUT2D eigenvalue weighted by molar-refractivity contribution is 6.30. The van der Waals surface area contributed by atoms with Crippen LogP contribution in [0.25, 0.3) is 0 Å². The van der Waals surface area contributed by atoms with Crippen LogP contribution in [0.5, 0.6) is 0 Å². The van der Waals surface area contributed by atoms with Crippen molar-refractivity contribution in [3.05, 3.63) is 64.7 Å². The lowest BCUT2D eigenvalue weighted by molar-refractivity contribution is -0.162. The first-order chi connectivity index (χ1) is 13.3. The van der Waals surface area contributed by atoms with Crippen LogP contribution in [0.3, 0.4) is 0 Å². The third-order valence-corrected chi connectivity index (χ3v) is 4.91. The molecule has 1 aliphatic heterocycles. The largest absolute Gasteiger partial charge is 0.451 e. The highest BCUT2D eigenvalue weighted by Crippen LogP contribution is 2.24. The molecule has 7 heteroatoms. The highest BCUT2D eigenvalue weighted by Gasteiger charge is 2.35. The molecule has 1 N–H and O–H groups in total. The molecule has 6 nitrogen and oxygen atoms in total. The predicted molar refractivity (Wildman–Crippen MR) is 106 cm³/mol. The van der Waals surface area contributed by atoms with E-state index >= 15 is 0 Å². The summed E-state index contributed by atoms with van der Waals surface area (Å²) >= 11 is 5.91. The smallest absolute Gasteiger partial charge is 0.329 e. The van der Waals surface area contributed by atoms with Crippen molar-refractivity contribution in [1.82, 2.24) is 4.90 Å². The summed E-state index contributed by atoms with van der Waals surface area (Å²) in [5.41, 5.74) is 2.52. The van der Waals surface area contributed by atoms with Gasteiger partial charge in [0.05, 0.1) is 0 Å². The summed E-state index contributed by atoms with van der Waals surface area (Å²) in [6.45, 7) is 3.25. The third kappa shape index (κ3) is 4.51. The molecule has 0 spiro atoms. The van der Waals surface area contributed by atoms with E-state index in [0.717, 1.165) is 11.1 Å². The topological polar surface area (TPSA) is 75.7 Å². The maximum Gasteiger partial charge on any atom is 0.329 e. The van der Waals surface area contributed by atoms with Crippen LogP contribution >= 0.6 is 11.6 Å². The number of halogens is 1. The molecule has 2 atom stereocenters. The number of nitrogens with one attached hydrogen (secondary N) is 1. The van der Waals surface area contributed by atoms with Gasteiger partial charge in [0.15, 0.2) is 6.10 Å². The van der Waals surface area contributed by atoms with Gasteiger partial charge >= 0.3 is 5.97 Å². The van der Waals surface area contributed by atoms with E-state index in [2.05, 4.69) is 5.32 Å². The van der Waals surface area contributed by atoms with Crippen LogP contribution in [-0.4, -0.2) is 34.8 Å². The van der Waals surface area contributed by atoms with Gasteiger partial charge < -0.3 is 15.0 Å². The van der Waals surface area contributed by atoms with E-state index in [1.54, 1.807) is 24.3 Å². The number of carbonyl (C=O) groups is 3. The normalized spacial score (nSPS) is 16.7. The molecule has 0 radical (unpaired) electrons. The zero-order valence-corrected chi connectivity index (χ0v) is 16.4. The first-order valence-electron chi connectivity index (χ1n) is 8.96. The molecule has 0 fully saturated rings. The van der Waals surface area contributed by atoms with Gasteiger partial charge in [0, 0.05) is 30.6 Å². The lowest BCUT2D eigenvalue weighted by Gasteiger charge is -2.35. The summed E-state index contributed by atoms with van der Waals surface area (Å²) in [4.78, 5) is 38.6. The molecule has 0 saturated carbocycles. The van der Waals surface area contributed by atoms with Gasteiger partial charge in [0.1, 0.15) is 6.04 Å². The van der Waals surface area contributed by atoms with Crippen molar-refractivity contribution in [3.63, 3.8) is 0 Å². The number of fused-ring (bicyclic) bond motifs is 1. The summed E-state index contributed by atoms with van der Waals surface area (Å²) in [6, 6.07) is 13.6. The van der Waals surface area contributed by atoms with Crippen LogP contribution in [0.1, 0.15) is 25.0 Å². The summed E-state index contributed by atoms with van der Waals surface area (Å²) < 4.78 is 5.37. The Hall–Kier alpha value is -2.86. The van der Waals surface area contributed by atoms with Gasteiger partial charge in [-0.05, 0) is 36.2 Å². The van der Waals surface area contributed by atoms with Crippen molar-refractivity contribution in [3.8, 4) is 0 Å². The number of esters is 1. The maximum absolute atomic E-state index is 12.7. The lowest BCUT2D eigenvalue weighted by Crippen LogP contribution is -2.49. The number of hydrogen-bond donors (Lipinski definition) is 1. The van der Waals surface area contributed by atoms with Crippen LogP contribution in [0.4, 0.5) is 5.69 Å². The number of amides is 2. The molecule has 0 bridgehead atoms. The summed E-state index contributed by atoms with van der Waals surface area (Å²) in [5, 5.41) is 3.15. The summed E-state index contributed by atoms with van der Waals surface area (Å²) in [5.74, 6) is -1.29. The second-order valence-electron chi connectivity index (χ2n) is 6.71. The Balaban J connectivity index is 1.68. The number of anilines is 1. The average Bonchev–Trinajstić information content (AvgIpc) is 2.66. The average molecular weight is 401 g/mol. The van der Waals surface area contributed by atoms with E-state index in [-0.39, 0.29) is 5.91 Å². The Bertz CT molecular complexity index is 915. The third-order valence-electron chi connectivity index (χ3n) is 4.68. The molecule has 2 aromatic rings. The van der Waals surface area contributed by atoms with Crippen molar-refractivity contribution < 1.29 is 19.1 Å². The van der Waals surface area contributed by atoms with Crippen molar-refractivity contribution in [2.24, 2.45) is 0 Å². The highest BCUT2D eigenvalue weighted by atomic mass is 35.5. The van der Waals surface area contributed by atoms with Crippen molar-refractivity contribution in [2.45, 2.75) is 39.0 Å². The summed E-state index contributed by atoms with van der Waals surface area (Å²) in [6.07, 6.45) is -0.658. The second kappa shape index (κ2) is 8.44. The lowest BCUT2D eigenvalue weighted by atomic mass is 9.94. The van der Waals surface area contributed by atoms with Crippen LogP contribution in [0, 0.1) is 0 Å². The van der Waals surface area contributed by atoms with Crippen molar-refractivity contribution in [1.29, 1.82) is 0 Å². The standard InChI is InChI=1S/C21H21ClN2O4/c1-13(20(26)23-18-9-5-8-17(22)11-18)28-21(27)19-10-15-6-3-4-7-16(15)12-24(19)14(2)25/h3-9,11,13,19H,10,12H2,1-2H3,(H,23,26)/t13-,19-/m0/s1. The molecular formula is C21H21ClN2O4. The van der Waals surface area contributed by atoms with E-state index in [0.29, 0.717) is 23.7 Å². The molecule has 1 aliphatic rings. The Morgan fingerprint density at radius 3 is 2.54 bits per heavy atom. The molecule has 0 unspecified atom stereocenters. The fourth-order valence-electron chi connectivity index (χ4n) is 3.18. The van der Waals surface area contributed by atoms with Crippen molar-refractivity contribution >= 4 is 35.1 Å². The molecule has 146 valence electrons. The number of benzene rings is 2. The minimum absolute atomic E-state index is 0.215. The first-order valence-corrected chi connectivity index (χ1v) is 9.34. The van der Waals surface area contributed by atoms with Crippen molar-refractivity contribution in [2.75, 3.05) is 5.32 Å². The molecule has 1 heterocycles. The van der Waals surface area contributed by atoms with Gasteiger partial charge in [-0.3, -0.25) is 9.59 Å². The van der Waals surface area contributed by atoms with Gasteiger partial charge in [-0.1, -0.05) is 41.9 Å². The fraction of sp³-hybridized carbons (Fsp3) is 0.286. The molecule has 0 aliphatic carbocycles. The fourth-order valence-corrected chi connectivity index (χ4v) is 3.37.